The van der Waals surface area contributed by atoms with Crippen molar-refractivity contribution in [2.45, 2.75) is 32.6 Å². The molecular weight excluding hydrogens is 132 g/mol. The van der Waals surface area contributed by atoms with Crippen LogP contribution in [0.4, 0.5) is 0 Å². The van der Waals surface area contributed by atoms with Crippen molar-refractivity contribution in [3.63, 3.8) is 0 Å². The quantitative estimate of drug-likeness (QED) is 0.423. The smallest absolute Gasteiger partial charge is 0.0177 e. The summed E-state index contributed by atoms with van der Waals surface area (Å²) in [5.74, 6) is 0.970. The molecule has 1 saturated carbocycles. The fourth-order valence-corrected chi connectivity index (χ4v) is 1.25. The lowest BCUT2D eigenvalue weighted by Gasteiger charge is -1.96. The van der Waals surface area contributed by atoms with E-state index >= 15 is 0 Å². The minimum Gasteiger partial charge on any atom is -0.128 e. The third kappa shape index (κ3) is 3.25. The van der Waals surface area contributed by atoms with E-state index in [2.05, 4.69) is 25.3 Å². The number of rotatable bonds is 4. The summed E-state index contributed by atoms with van der Waals surface area (Å²) in [7, 11) is 0. The summed E-state index contributed by atoms with van der Waals surface area (Å²) in [6.07, 6.45) is 9.51. The topological polar surface area (TPSA) is 0 Å². The summed E-state index contributed by atoms with van der Waals surface area (Å²) in [5.41, 5.74) is 4.26. The zero-order valence-electron chi connectivity index (χ0n) is 7.27. The summed E-state index contributed by atoms with van der Waals surface area (Å²) in [5, 5.41) is 0. The molecule has 0 unspecified atom stereocenters. The Bertz CT molecular complexity index is 188. The molecule has 0 nitrogen and oxygen atoms in total. The van der Waals surface area contributed by atoms with Crippen molar-refractivity contribution in [2.24, 2.45) is 5.92 Å². The van der Waals surface area contributed by atoms with Crippen LogP contribution in [0.5, 0.6) is 0 Å². The van der Waals surface area contributed by atoms with Crippen molar-refractivity contribution in [1.29, 1.82) is 0 Å². The fraction of sp³-hybridized carbons (Fsp3) is 0.545. The van der Waals surface area contributed by atoms with Gasteiger partial charge in [-0.25, -0.2) is 0 Å². The van der Waals surface area contributed by atoms with Gasteiger partial charge in [-0.3, -0.25) is 0 Å². The van der Waals surface area contributed by atoms with Crippen molar-refractivity contribution in [3.05, 3.63) is 30.0 Å². The maximum atomic E-state index is 3.59. The first-order chi connectivity index (χ1) is 5.36. The maximum Gasteiger partial charge on any atom is -0.0177 e. The van der Waals surface area contributed by atoms with Crippen molar-refractivity contribution in [1.82, 2.24) is 0 Å². The van der Waals surface area contributed by atoms with E-state index < -0.39 is 0 Å². The van der Waals surface area contributed by atoms with Crippen LogP contribution in [0.1, 0.15) is 32.6 Å². The summed E-state index contributed by atoms with van der Waals surface area (Å²) in [4.78, 5) is 0. The molecule has 1 aliphatic carbocycles. The fourth-order valence-electron chi connectivity index (χ4n) is 1.25. The lowest BCUT2D eigenvalue weighted by Crippen LogP contribution is -1.80. The van der Waals surface area contributed by atoms with Gasteiger partial charge in [0.25, 0.3) is 0 Å². The average molecular weight is 148 g/mol. The molecular formula is C11H16. The predicted octanol–water partition coefficient (Wildman–Crippen LogP) is 3.46. The molecule has 0 aromatic carbocycles. The zero-order valence-corrected chi connectivity index (χ0v) is 7.27. The highest BCUT2D eigenvalue weighted by Crippen LogP contribution is 2.35. The van der Waals surface area contributed by atoms with Gasteiger partial charge in [-0.05, 0) is 43.3 Å². The molecule has 0 radical (unpaired) electrons. The van der Waals surface area contributed by atoms with Crippen molar-refractivity contribution in [2.75, 3.05) is 0 Å². The second-order valence-corrected chi connectivity index (χ2v) is 3.18. The first-order valence-corrected chi connectivity index (χ1v) is 4.41. The Morgan fingerprint density at radius 1 is 1.64 bits per heavy atom. The van der Waals surface area contributed by atoms with Crippen LogP contribution in [0, 0.1) is 5.92 Å². The normalized spacial score (nSPS) is 17.7. The highest BCUT2D eigenvalue weighted by atomic mass is 14.3. The van der Waals surface area contributed by atoms with Gasteiger partial charge >= 0.3 is 0 Å². The molecule has 0 atom stereocenters. The highest BCUT2D eigenvalue weighted by molar-refractivity contribution is 5.18. The number of hydrogen-bond donors (Lipinski definition) is 0. The third-order valence-electron chi connectivity index (χ3n) is 1.98. The SMILES string of the molecule is C=C=CC(=CCC)CC1CC1. The monoisotopic (exact) mass is 148 g/mol. The Morgan fingerprint density at radius 2 is 2.36 bits per heavy atom. The first-order valence-electron chi connectivity index (χ1n) is 4.41. The molecule has 0 spiro atoms. The molecule has 1 fully saturated rings. The third-order valence-corrected chi connectivity index (χ3v) is 1.98. The van der Waals surface area contributed by atoms with Crippen LogP contribution >= 0.6 is 0 Å². The van der Waals surface area contributed by atoms with E-state index in [9.17, 15) is 0 Å². The van der Waals surface area contributed by atoms with E-state index in [1.54, 1.807) is 0 Å². The van der Waals surface area contributed by atoms with Crippen LogP contribution in [0.2, 0.25) is 0 Å². The second kappa shape index (κ2) is 4.20. The largest absolute Gasteiger partial charge is 0.128 e. The highest BCUT2D eigenvalue weighted by Gasteiger charge is 2.21. The summed E-state index contributed by atoms with van der Waals surface area (Å²) >= 11 is 0. The standard InChI is InChI=1S/C11H16/c1-3-5-10(6-4-2)9-11-7-8-11/h5-6,11H,1,4,7-9H2,2H3. The predicted molar refractivity (Wildman–Crippen MR) is 49.4 cm³/mol. The van der Waals surface area contributed by atoms with Crippen LogP contribution in [0.25, 0.3) is 0 Å². The Labute approximate surface area is 69.3 Å². The van der Waals surface area contributed by atoms with Gasteiger partial charge in [-0.2, -0.15) is 0 Å². The molecule has 0 heteroatoms. The first kappa shape index (κ1) is 8.36. The molecule has 1 rings (SSSR count). The van der Waals surface area contributed by atoms with Gasteiger partial charge in [0.2, 0.25) is 0 Å². The lowest BCUT2D eigenvalue weighted by atomic mass is 10.1. The van der Waals surface area contributed by atoms with Gasteiger partial charge in [0.15, 0.2) is 0 Å². The summed E-state index contributed by atoms with van der Waals surface area (Å²) < 4.78 is 0. The van der Waals surface area contributed by atoms with E-state index in [1.807, 2.05) is 6.08 Å². The van der Waals surface area contributed by atoms with Crippen molar-refractivity contribution < 1.29 is 0 Å². The van der Waals surface area contributed by atoms with Crippen LogP contribution < -0.4 is 0 Å². The number of allylic oxidation sites excluding steroid dienone is 3. The number of hydrogen-bond acceptors (Lipinski definition) is 0. The van der Waals surface area contributed by atoms with E-state index in [0.717, 1.165) is 12.3 Å². The maximum absolute atomic E-state index is 3.59. The average Bonchev–Trinajstić information content (AvgIpc) is 2.73. The summed E-state index contributed by atoms with van der Waals surface area (Å²) in [6, 6.07) is 0. The second-order valence-electron chi connectivity index (χ2n) is 3.18. The molecule has 0 amide bonds. The molecule has 0 saturated heterocycles. The molecule has 0 aromatic rings. The van der Waals surface area contributed by atoms with Crippen LogP contribution in [0.3, 0.4) is 0 Å². The molecule has 11 heavy (non-hydrogen) atoms. The minimum absolute atomic E-state index is 0.970. The Balaban J connectivity index is 2.43. The van der Waals surface area contributed by atoms with Gasteiger partial charge < -0.3 is 0 Å². The molecule has 0 bridgehead atoms. The molecule has 0 aromatic heterocycles. The summed E-state index contributed by atoms with van der Waals surface area (Å²) in [6.45, 7) is 5.76. The van der Waals surface area contributed by atoms with Crippen LogP contribution in [0.15, 0.2) is 30.0 Å². The molecule has 0 heterocycles. The lowest BCUT2D eigenvalue weighted by molar-refractivity contribution is 0.831. The van der Waals surface area contributed by atoms with Gasteiger partial charge in [0.1, 0.15) is 0 Å². The van der Waals surface area contributed by atoms with Gasteiger partial charge in [-0.15, -0.1) is 5.73 Å². The molecule has 0 N–H and O–H groups in total. The van der Waals surface area contributed by atoms with Gasteiger partial charge in [-0.1, -0.05) is 19.6 Å². The van der Waals surface area contributed by atoms with Gasteiger partial charge in [0, 0.05) is 0 Å². The Kier molecular flexibility index (Phi) is 3.19. The van der Waals surface area contributed by atoms with E-state index in [0.29, 0.717) is 0 Å². The van der Waals surface area contributed by atoms with Crippen molar-refractivity contribution >= 4 is 0 Å². The Hall–Kier alpha value is -0.740. The molecule has 0 aliphatic heterocycles. The van der Waals surface area contributed by atoms with Crippen LogP contribution in [-0.2, 0) is 0 Å². The van der Waals surface area contributed by atoms with E-state index in [-0.39, 0.29) is 0 Å². The Morgan fingerprint density at radius 3 is 2.82 bits per heavy atom. The van der Waals surface area contributed by atoms with Crippen LogP contribution in [-0.4, -0.2) is 0 Å². The van der Waals surface area contributed by atoms with E-state index in [1.165, 1.54) is 24.8 Å². The van der Waals surface area contributed by atoms with Gasteiger partial charge in [0.05, 0.1) is 0 Å². The van der Waals surface area contributed by atoms with Crippen molar-refractivity contribution in [3.8, 4) is 0 Å². The van der Waals surface area contributed by atoms with E-state index in [4.69, 9.17) is 0 Å². The minimum atomic E-state index is 0.970. The molecule has 60 valence electrons. The molecule has 1 aliphatic rings. The zero-order chi connectivity index (χ0) is 8.10.